The molecule has 1 rings (SSSR count). The minimum atomic E-state index is -0.293. The normalized spacial score (nSPS) is 9.27. The predicted octanol–water partition coefficient (Wildman–Crippen LogP) is 1.70. The molecule has 3 heteroatoms. The van der Waals surface area contributed by atoms with E-state index >= 15 is 0 Å². The summed E-state index contributed by atoms with van der Waals surface area (Å²) >= 11 is 0. The molecular weight excluding hydrogens is 145 g/mol. The van der Waals surface area contributed by atoms with Crippen molar-refractivity contribution in [1.29, 1.82) is 0 Å². The van der Waals surface area contributed by atoms with Gasteiger partial charge in [-0.1, -0.05) is 0 Å². The van der Waals surface area contributed by atoms with Gasteiger partial charge in [-0.25, -0.2) is 4.39 Å². The first-order valence-electron chi connectivity index (χ1n) is 3.20. The van der Waals surface area contributed by atoms with Crippen LogP contribution < -0.4 is 5.32 Å². The maximum atomic E-state index is 12.5. The van der Waals surface area contributed by atoms with E-state index in [-0.39, 0.29) is 5.82 Å². The van der Waals surface area contributed by atoms with E-state index < -0.39 is 0 Å². The number of hydrogen-bond donors (Lipinski definition) is 1. The molecule has 1 aromatic rings. The highest BCUT2D eigenvalue weighted by Gasteiger charge is 1.96. The molecule has 1 N–H and O–H groups in total. The Morgan fingerprint density at radius 1 is 1.55 bits per heavy atom. The van der Waals surface area contributed by atoms with Gasteiger partial charge in [0.25, 0.3) is 0 Å². The molecule has 11 heavy (non-hydrogen) atoms. The molecule has 0 fully saturated rings. The third kappa shape index (κ3) is 1.77. The number of carbonyl (C=O) groups is 1. The zero-order valence-corrected chi connectivity index (χ0v) is 6.10. The maximum Gasteiger partial charge on any atom is 0.211 e. The monoisotopic (exact) mass is 153 g/mol. The number of halogens is 1. The Balaban J connectivity index is 2.98. The van der Waals surface area contributed by atoms with Crippen LogP contribution >= 0.6 is 0 Å². The molecule has 0 heterocycles. The summed E-state index contributed by atoms with van der Waals surface area (Å²) < 4.78 is 12.5. The summed E-state index contributed by atoms with van der Waals surface area (Å²) in [6, 6.07) is 4.20. The van der Waals surface area contributed by atoms with Crippen molar-refractivity contribution in [2.45, 2.75) is 6.92 Å². The highest BCUT2D eigenvalue weighted by atomic mass is 19.1. The van der Waals surface area contributed by atoms with Gasteiger partial charge < -0.3 is 5.32 Å². The molecule has 0 radical (unpaired) electrons. The lowest BCUT2D eigenvalue weighted by atomic mass is 10.2. The Labute approximate surface area is 64.0 Å². The number of anilines is 1. The van der Waals surface area contributed by atoms with E-state index in [0.717, 1.165) is 5.56 Å². The SMILES string of the molecule is Cc1cc(F)ccc1NC=O. The number of rotatable bonds is 2. The summed E-state index contributed by atoms with van der Waals surface area (Å²) in [6.07, 6.45) is 0.570. The van der Waals surface area contributed by atoms with Crippen LogP contribution in [0.15, 0.2) is 18.2 Å². The number of amides is 1. The summed E-state index contributed by atoms with van der Waals surface area (Å²) in [5.41, 5.74) is 1.36. The van der Waals surface area contributed by atoms with Gasteiger partial charge in [-0.15, -0.1) is 0 Å². The van der Waals surface area contributed by atoms with Crippen molar-refractivity contribution >= 4 is 12.1 Å². The van der Waals surface area contributed by atoms with Crippen molar-refractivity contribution in [1.82, 2.24) is 0 Å². The molecular formula is C8H8FNO. The molecule has 0 spiro atoms. The Morgan fingerprint density at radius 2 is 2.27 bits per heavy atom. The van der Waals surface area contributed by atoms with E-state index in [1.54, 1.807) is 6.92 Å². The number of aryl methyl sites for hydroxylation is 1. The van der Waals surface area contributed by atoms with Gasteiger partial charge in [0.05, 0.1) is 0 Å². The summed E-state index contributed by atoms with van der Waals surface area (Å²) in [5.74, 6) is -0.293. The minimum absolute atomic E-state index is 0.293. The van der Waals surface area contributed by atoms with E-state index in [1.165, 1.54) is 18.2 Å². The average Bonchev–Trinajstić information content (AvgIpc) is 1.95. The number of hydrogen-bond acceptors (Lipinski definition) is 1. The van der Waals surface area contributed by atoms with E-state index in [2.05, 4.69) is 5.32 Å². The number of nitrogens with one attached hydrogen (secondary N) is 1. The van der Waals surface area contributed by atoms with Crippen LogP contribution in [0.25, 0.3) is 0 Å². The molecule has 0 saturated heterocycles. The second-order valence-electron chi connectivity index (χ2n) is 2.22. The van der Waals surface area contributed by atoms with Crippen molar-refractivity contribution in [3.63, 3.8) is 0 Å². The topological polar surface area (TPSA) is 29.1 Å². The molecule has 58 valence electrons. The highest BCUT2D eigenvalue weighted by Crippen LogP contribution is 2.14. The largest absolute Gasteiger partial charge is 0.328 e. The van der Waals surface area contributed by atoms with E-state index in [4.69, 9.17) is 0 Å². The van der Waals surface area contributed by atoms with Crippen molar-refractivity contribution in [3.05, 3.63) is 29.6 Å². The van der Waals surface area contributed by atoms with Crippen LogP contribution in [-0.4, -0.2) is 6.41 Å². The zero-order valence-electron chi connectivity index (χ0n) is 6.10. The molecule has 0 aliphatic carbocycles. The molecule has 0 aliphatic rings. The summed E-state index contributed by atoms with van der Waals surface area (Å²) in [7, 11) is 0. The Bertz CT molecular complexity index is 273. The number of carbonyl (C=O) groups excluding carboxylic acids is 1. The Kier molecular flexibility index (Phi) is 2.21. The maximum absolute atomic E-state index is 12.5. The third-order valence-electron chi connectivity index (χ3n) is 1.40. The van der Waals surface area contributed by atoms with Gasteiger partial charge in [-0.3, -0.25) is 4.79 Å². The molecule has 0 atom stereocenters. The third-order valence-corrected chi connectivity index (χ3v) is 1.40. The van der Waals surface area contributed by atoms with Crippen LogP contribution in [0, 0.1) is 12.7 Å². The second-order valence-corrected chi connectivity index (χ2v) is 2.22. The first-order valence-corrected chi connectivity index (χ1v) is 3.20. The van der Waals surface area contributed by atoms with Crippen molar-refractivity contribution in [2.75, 3.05) is 5.32 Å². The zero-order chi connectivity index (χ0) is 8.27. The Hall–Kier alpha value is -1.38. The molecule has 0 saturated carbocycles. The quantitative estimate of drug-likeness (QED) is 0.644. The van der Waals surface area contributed by atoms with Crippen LogP contribution in [0.5, 0.6) is 0 Å². The second kappa shape index (κ2) is 3.14. The van der Waals surface area contributed by atoms with Crippen LogP contribution in [0.1, 0.15) is 5.56 Å². The van der Waals surface area contributed by atoms with E-state index in [1.807, 2.05) is 0 Å². The molecule has 0 aliphatic heterocycles. The first kappa shape index (κ1) is 7.72. The molecule has 1 aromatic carbocycles. The van der Waals surface area contributed by atoms with Crippen LogP contribution in [0.4, 0.5) is 10.1 Å². The summed E-state index contributed by atoms with van der Waals surface area (Å²) in [6.45, 7) is 1.73. The lowest BCUT2D eigenvalue weighted by molar-refractivity contribution is -0.105. The lowest BCUT2D eigenvalue weighted by Gasteiger charge is -2.01. The molecule has 2 nitrogen and oxygen atoms in total. The van der Waals surface area contributed by atoms with Crippen LogP contribution in [0.3, 0.4) is 0 Å². The van der Waals surface area contributed by atoms with Crippen molar-refractivity contribution in [3.8, 4) is 0 Å². The van der Waals surface area contributed by atoms with E-state index in [0.29, 0.717) is 12.1 Å². The standard InChI is InChI=1S/C8H8FNO/c1-6-4-7(9)2-3-8(6)10-5-11/h2-5H,1H3,(H,10,11). The first-order chi connectivity index (χ1) is 5.24. The minimum Gasteiger partial charge on any atom is -0.328 e. The smallest absolute Gasteiger partial charge is 0.211 e. The lowest BCUT2D eigenvalue weighted by Crippen LogP contribution is -1.96. The fourth-order valence-corrected chi connectivity index (χ4v) is 0.853. The van der Waals surface area contributed by atoms with E-state index in [9.17, 15) is 9.18 Å². The summed E-state index contributed by atoms with van der Waals surface area (Å²) in [4.78, 5) is 10.0. The molecule has 0 aromatic heterocycles. The van der Waals surface area contributed by atoms with Gasteiger partial charge >= 0.3 is 0 Å². The predicted molar refractivity (Wildman–Crippen MR) is 40.8 cm³/mol. The van der Waals surface area contributed by atoms with Gasteiger partial charge in [0.15, 0.2) is 0 Å². The van der Waals surface area contributed by atoms with Gasteiger partial charge in [-0.2, -0.15) is 0 Å². The number of benzene rings is 1. The van der Waals surface area contributed by atoms with Crippen LogP contribution in [-0.2, 0) is 4.79 Å². The fraction of sp³-hybridized carbons (Fsp3) is 0.125. The van der Waals surface area contributed by atoms with Crippen molar-refractivity contribution < 1.29 is 9.18 Å². The average molecular weight is 153 g/mol. The highest BCUT2D eigenvalue weighted by molar-refractivity contribution is 5.73. The Morgan fingerprint density at radius 3 is 2.82 bits per heavy atom. The van der Waals surface area contributed by atoms with Gasteiger partial charge in [0.2, 0.25) is 6.41 Å². The van der Waals surface area contributed by atoms with Gasteiger partial charge in [0, 0.05) is 5.69 Å². The van der Waals surface area contributed by atoms with Gasteiger partial charge in [-0.05, 0) is 30.7 Å². The summed E-state index contributed by atoms with van der Waals surface area (Å²) in [5, 5.41) is 2.46. The molecule has 0 unspecified atom stereocenters. The van der Waals surface area contributed by atoms with Gasteiger partial charge in [0.1, 0.15) is 5.82 Å². The van der Waals surface area contributed by atoms with Crippen molar-refractivity contribution in [2.24, 2.45) is 0 Å². The van der Waals surface area contributed by atoms with Crippen LogP contribution in [0.2, 0.25) is 0 Å². The molecule has 0 bridgehead atoms. The fourth-order valence-electron chi connectivity index (χ4n) is 0.853. The molecule has 1 amide bonds.